The molecule has 26 heavy (non-hydrogen) atoms. The van der Waals surface area contributed by atoms with Crippen LogP contribution in [0.4, 0.5) is 4.39 Å². The third-order valence-corrected chi connectivity index (χ3v) is 4.31. The second-order valence-corrected chi connectivity index (χ2v) is 6.08. The van der Waals surface area contributed by atoms with Gasteiger partial charge in [0, 0.05) is 37.2 Å². The molecule has 1 N–H and O–H groups in total. The molecule has 0 radical (unpaired) electrons. The van der Waals surface area contributed by atoms with Crippen LogP contribution in [0.2, 0.25) is 0 Å². The summed E-state index contributed by atoms with van der Waals surface area (Å²) in [5, 5.41) is 2.84. The Morgan fingerprint density at radius 2 is 1.88 bits per heavy atom. The van der Waals surface area contributed by atoms with Crippen LogP contribution in [0.5, 0.6) is 0 Å². The van der Waals surface area contributed by atoms with Crippen LogP contribution in [0.15, 0.2) is 36.4 Å². The summed E-state index contributed by atoms with van der Waals surface area (Å²) in [5.41, 5.74) is 0.451. The van der Waals surface area contributed by atoms with Crippen molar-refractivity contribution in [2.75, 3.05) is 26.7 Å². The van der Waals surface area contributed by atoms with Crippen LogP contribution >= 0.6 is 0 Å². The molecule has 6 nitrogen and oxygen atoms in total. The van der Waals surface area contributed by atoms with Crippen LogP contribution in [0.25, 0.3) is 0 Å². The normalized spacial score (nSPS) is 15.1. The second-order valence-electron chi connectivity index (χ2n) is 6.08. The summed E-state index contributed by atoms with van der Waals surface area (Å²) in [7, 11) is 1.31. The van der Waals surface area contributed by atoms with Gasteiger partial charge >= 0.3 is 5.97 Å². The predicted molar refractivity (Wildman–Crippen MR) is 93.8 cm³/mol. The van der Waals surface area contributed by atoms with Gasteiger partial charge in [-0.2, -0.15) is 0 Å². The topological polar surface area (TPSA) is 75.7 Å². The molecule has 140 valence electrons. The number of halogens is 1. The Labute approximate surface area is 152 Å². The van der Waals surface area contributed by atoms with E-state index in [-0.39, 0.29) is 23.5 Å². The number of carbonyl (C=O) groups excluding carboxylic acids is 3. The number of rotatable bonds is 6. The van der Waals surface area contributed by atoms with Gasteiger partial charge in [-0.15, -0.1) is 0 Å². The first-order valence-corrected chi connectivity index (χ1v) is 8.58. The highest BCUT2D eigenvalue weighted by Crippen LogP contribution is 2.19. The molecule has 2 rings (SSSR count). The van der Waals surface area contributed by atoms with Gasteiger partial charge in [-0.05, 0) is 43.5 Å². The predicted octanol–water partition coefficient (Wildman–Crippen LogP) is 1.91. The largest absolute Gasteiger partial charge is 0.466 e. The average molecular weight is 362 g/mol. The van der Waals surface area contributed by atoms with Crippen molar-refractivity contribution < 1.29 is 23.5 Å². The van der Waals surface area contributed by atoms with Crippen molar-refractivity contribution in [3.8, 4) is 0 Å². The van der Waals surface area contributed by atoms with Crippen molar-refractivity contribution in [2.24, 2.45) is 5.92 Å². The maximum atomic E-state index is 12.9. The highest BCUT2D eigenvalue weighted by atomic mass is 19.1. The summed E-state index contributed by atoms with van der Waals surface area (Å²) in [4.78, 5) is 37.1. The molecule has 1 aromatic carbocycles. The van der Waals surface area contributed by atoms with E-state index in [2.05, 4.69) is 10.1 Å². The van der Waals surface area contributed by atoms with Crippen LogP contribution in [0.3, 0.4) is 0 Å². The highest BCUT2D eigenvalue weighted by molar-refractivity contribution is 5.94. The lowest BCUT2D eigenvalue weighted by Crippen LogP contribution is -2.43. The Kier molecular flexibility index (Phi) is 7.32. The molecule has 0 aromatic heterocycles. The van der Waals surface area contributed by atoms with Crippen LogP contribution in [-0.4, -0.2) is 49.4 Å². The summed E-state index contributed by atoms with van der Waals surface area (Å²) >= 11 is 0. The van der Waals surface area contributed by atoms with Gasteiger partial charge in [-0.1, -0.05) is 6.08 Å². The molecule has 1 saturated heterocycles. The standard InChI is InChI=1S/C19H23FN2O4/c1-26-17(23)4-2-3-11-21-18(24)14-9-12-22(13-10-14)19(25)15-5-7-16(20)8-6-15/h2,4-8,14H,3,9-13H2,1H3,(H,21,24)/b4-2+. The van der Waals surface area contributed by atoms with E-state index in [0.29, 0.717) is 44.5 Å². The zero-order chi connectivity index (χ0) is 18.9. The summed E-state index contributed by atoms with van der Waals surface area (Å²) in [6, 6.07) is 5.47. The summed E-state index contributed by atoms with van der Waals surface area (Å²) in [6.45, 7) is 1.44. The van der Waals surface area contributed by atoms with E-state index in [1.807, 2.05) is 0 Å². The fourth-order valence-corrected chi connectivity index (χ4v) is 2.79. The number of methoxy groups -OCH3 is 1. The first-order valence-electron chi connectivity index (χ1n) is 8.58. The van der Waals surface area contributed by atoms with E-state index in [9.17, 15) is 18.8 Å². The summed E-state index contributed by atoms with van der Waals surface area (Å²) in [6.07, 6.45) is 4.71. The number of piperidine rings is 1. The molecule has 2 amide bonds. The van der Waals surface area contributed by atoms with Crippen molar-refractivity contribution in [3.05, 3.63) is 47.8 Å². The van der Waals surface area contributed by atoms with Crippen LogP contribution < -0.4 is 5.32 Å². The van der Waals surface area contributed by atoms with Crippen molar-refractivity contribution in [1.82, 2.24) is 10.2 Å². The van der Waals surface area contributed by atoms with E-state index < -0.39 is 5.97 Å². The molecule has 0 spiro atoms. The summed E-state index contributed by atoms with van der Waals surface area (Å²) in [5.74, 6) is -1.10. The minimum Gasteiger partial charge on any atom is -0.466 e. The zero-order valence-corrected chi connectivity index (χ0v) is 14.7. The van der Waals surface area contributed by atoms with Gasteiger partial charge in [0.2, 0.25) is 5.91 Å². The van der Waals surface area contributed by atoms with Crippen LogP contribution in [-0.2, 0) is 14.3 Å². The van der Waals surface area contributed by atoms with E-state index in [0.717, 1.165) is 0 Å². The number of esters is 1. The molecule has 1 aliphatic heterocycles. The van der Waals surface area contributed by atoms with E-state index in [1.165, 1.54) is 37.5 Å². The Balaban J connectivity index is 1.72. The molecule has 1 heterocycles. The van der Waals surface area contributed by atoms with Crippen molar-refractivity contribution in [2.45, 2.75) is 19.3 Å². The SMILES string of the molecule is COC(=O)/C=C/CCNC(=O)C1CCN(C(=O)c2ccc(F)cc2)CC1. The zero-order valence-electron chi connectivity index (χ0n) is 14.7. The van der Waals surface area contributed by atoms with Crippen LogP contribution in [0, 0.1) is 11.7 Å². The first-order chi connectivity index (χ1) is 12.5. The lowest BCUT2D eigenvalue weighted by Gasteiger charge is -2.31. The van der Waals surface area contributed by atoms with Gasteiger partial charge in [-0.25, -0.2) is 9.18 Å². The number of ether oxygens (including phenoxy) is 1. The Bertz CT molecular complexity index is 665. The fraction of sp³-hybridized carbons (Fsp3) is 0.421. The highest BCUT2D eigenvalue weighted by Gasteiger charge is 2.27. The van der Waals surface area contributed by atoms with Crippen molar-refractivity contribution in [1.29, 1.82) is 0 Å². The van der Waals surface area contributed by atoms with Gasteiger partial charge in [0.25, 0.3) is 5.91 Å². The van der Waals surface area contributed by atoms with E-state index in [1.54, 1.807) is 11.0 Å². The number of hydrogen-bond donors (Lipinski definition) is 1. The molecule has 1 aromatic rings. The number of amides is 2. The van der Waals surface area contributed by atoms with Crippen LogP contribution in [0.1, 0.15) is 29.6 Å². The molecule has 0 atom stereocenters. The molecule has 0 saturated carbocycles. The van der Waals surface area contributed by atoms with Gasteiger partial charge in [0.05, 0.1) is 7.11 Å². The average Bonchev–Trinajstić information content (AvgIpc) is 2.67. The van der Waals surface area contributed by atoms with E-state index >= 15 is 0 Å². The van der Waals surface area contributed by atoms with Crippen molar-refractivity contribution in [3.63, 3.8) is 0 Å². The number of nitrogens with one attached hydrogen (secondary N) is 1. The van der Waals surface area contributed by atoms with Gasteiger partial charge in [-0.3, -0.25) is 9.59 Å². The number of nitrogens with zero attached hydrogens (tertiary/aromatic N) is 1. The number of likely N-dealkylation sites (tertiary alicyclic amines) is 1. The maximum absolute atomic E-state index is 12.9. The van der Waals surface area contributed by atoms with E-state index in [4.69, 9.17) is 0 Å². The second kappa shape index (κ2) is 9.70. The third kappa shape index (κ3) is 5.68. The van der Waals surface area contributed by atoms with Crippen molar-refractivity contribution >= 4 is 17.8 Å². The summed E-state index contributed by atoms with van der Waals surface area (Å²) < 4.78 is 17.4. The quantitative estimate of drug-likeness (QED) is 0.477. The lowest BCUT2D eigenvalue weighted by atomic mass is 9.95. The minimum absolute atomic E-state index is 0.0367. The molecule has 7 heteroatoms. The minimum atomic E-state index is -0.422. The number of benzene rings is 1. The number of carbonyl (C=O) groups is 3. The van der Waals surface area contributed by atoms with Gasteiger partial charge in [0.15, 0.2) is 0 Å². The van der Waals surface area contributed by atoms with Gasteiger partial charge < -0.3 is 15.0 Å². The number of hydrogen-bond acceptors (Lipinski definition) is 4. The monoisotopic (exact) mass is 362 g/mol. The van der Waals surface area contributed by atoms with Gasteiger partial charge in [0.1, 0.15) is 5.82 Å². The first kappa shape index (κ1) is 19.6. The molecule has 1 fully saturated rings. The smallest absolute Gasteiger partial charge is 0.330 e. The Morgan fingerprint density at radius 1 is 1.23 bits per heavy atom. The molecule has 0 unspecified atom stereocenters. The molecule has 1 aliphatic rings. The Morgan fingerprint density at radius 3 is 2.50 bits per heavy atom. The molecular formula is C19H23FN2O4. The lowest BCUT2D eigenvalue weighted by molar-refractivity contribution is -0.134. The Hall–Kier alpha value is -2.70. The molecule has 0 bridgehead atoms. The fourth-order valence-electron chi connectivity index (χ4n) is 2.79. The third-order valence-electron chi connectivity index (χ3n) is 4.31. The molecule has 0 aliphatic carbocycles. The maximum Gasteiger partial charge on any atom is 0.330 e. The molecular weight excluding hydrogens is 339 g/mol.